The lowest BCUT2D eigenvalue weighted by atomic mass is 9.69. The lowest BCUT2D eigenvalue weighted by Crippen LogP contribution is -2.49. The van der Waals surface area contributed by atoms with Gasteiger partial charge in [0.05, 0.1) is 12.1 Å². The monoisotopic (exact) mass is 507 g/mol. The molecule has 2 aliphatic rings. The van der Waals surface area contributed by atoms with E-state index in [0.29, 0.717) is 0 Å². The van der Waals surface area contributed by atoms with Gasteiger partial charge >= 0.3 is 8.10 Å². The SMILES string of the molecule is CC(C)(C)C(N1[C@H]2c3ccccc3-c3ccccc3[C@@H]2N(C(C(C)(C)C)C(C)(C)C)[P+]1=O)C(C)(C)C. The van der Waals surface area contributed by atoms with E-state index < -0.39 is 8.10 Å². The van der Waals surface area contributed by atoms with Crippen LogP contribution < -0.4 is 0 Å². The Balaban J connectivity index is 2.08. The molecule has 0 radical (unpaired) electrons. The third-order valence-electron chi connectivity index (χ3n) is 7.92. The zero-order valence-electron chi connectivity index (χ0n) is 24.7. The van der Waals surface area contributed by atoms with E-state index in [-0.39, 0.29) is 45.8 Å². The molecule has 0 unspecified atom stereocenters. The van der Waals surface area contributed by atoms with Crippen LogP contribution in [0.2, 0.25) is 0 Å². The first-order valence-corrected chi connectivity index (χ1v) is 14.8. The molecule has 0 amide bonds. The predicted octanol–water partition coefficient (Wildman–Crippen LogP) is 9.65. The van der Waals surface area contributed by atoms with Gasteiger partial charge in [-0.2, -0.15) is 0 Å². The van der Waals surface area contributed by atoms with E-state index in [9.17, 15) is 0 Å². The van der Waals surface area contributed by atoms with Gasteiger partial charge in [-0.3, -0.25) is 0 Å². The lowest BCUT2D eigenvalue weighted by molar-refractivity contribution is 0.0333. The molecule has 0 aromatic heterocycles. The van der Waals surface area contributed by atoms with Crippen molar-refractivity contribution in [2.45, 2.75) is 107 Å². The van der Waals surface area contributed by atoms with E-state index in [4.69, 9.17) is 0 Å². The van der Waals surface area contributed by atoms with Gasteiger partial charge in [0.2, 0.25) is 0 Å². The summed E-state index contributed by atoms with van der Waals surface area (Å²) >= 11 is 0. The highest BCUT2D eigenvalue weighted by Gasteiger charge is 2.69. The molecule has 0 bridgehead atoms. The second-order valence-corrected chi connectivity index (χ2v) is 16.8. The second kappa shape index (κ2) is 8.75. The molecule has 1 saturated heterocycles. The van der Waals surface area contributed by atoms with Crippen molar-refractivity contribution in [2.24, 2.45) is 21.7 Å². The number of hydrogen-bond acceptors (Lipinski definition) is 1. The maximum Gasteiger partial charge on any atom is 0.539 e. The van der Waals surface area contributed by atoms with Gasteiger partial charge in [-0.05, 0) is 48.5 Å². The Bertz CT molecular complexity index is 1020. The first kappa shape index (κ1) is 27.5. The number of rotatable bonds is 2. The maximum atomic E-state index is 15.2. The van der Waals surface area contributed by atoms with Crippen molar-refractivity contribution in [2.75, 3.05) is 0 Å². The lowest BCUT2D eigenvalue weighted by Gasteiger charge is -2.44. The highest BCUT2D eigenvalue weighted by Crippen LogP contribution is 2.68. The van der Waals surface area contributed by atoms with Crippen molar-refractivity contribution in [3.8, 4) is 11.1 Å². The van der Waals surface area contributed by atoms with Gasteiger partial charge in [-0.15, -0.1) is 0 Å². The molecule has 196 valence electrons. The van der Waals surface area contributed by atoms with Gasteiger partial charge < -0.3 is 0 Å². The van der Waals surface area contributed by atoms with Crippen LogP contribution in [0, 0.1) is 21.7 Å². The Labute approximate surface area is 221 Å². The first-order chi connectivity index (χ1) is 16.4. The summed E-state index contributed by atoms with van der Waals surface area (Å²) in [6.45, 7) is 27.8. The van der Waals surface area contributed by atoms with Crippen LogP contribution in [0.4, 0.5) is 0 Å². The molecule has 2 aromatic rings. The van der Waals surface area contributed by atoms with Crippen LogP contribution in [-0.2, 0) is 4.57 Å². The summed E-state index contributed by atoms with van der Waals surface area (Å²) < 4.78 is 20.0. The Morgan fingerprint density at radius 1 is 0.556 bits per heavy atom. The third kappa shape index (κ3) is 4.50. The van der Waals surface area contributed by atoms with Crippen molar-refractivity contribution >= 4 is 8.10 Å². The predicted molar refractivity (Wildman–Crippen MR) is 154 cm³/mol. The summed E-state index contributed by atoms with van der Waals surface area (Å²) in [5.74, 6) is 0. The van der Waals surface area contributed by atoms with Crippen LogP contribution in [-0.4, -0.2) is 21.4 Å². The van der Waals surface area contributed by atoms with Gasteiger partial charge in [0.25, 0.3) is 0 Å². The molecule has 0 spiro atoms. The van der Waals surface area contributed by atoms with Crippen LogP contribution in [0.1, 0.15) is 106 Å². The molecule has 1 heterocycles. The molecule has 0 N–H and O–H groups in total. The molecule has 1 aliphatic heterocycles. The topological polar surface area (TPSA) is 23.6 Å². The van der Waals surface area contributed by atoms with E-state index in [1.165, 1.54) is 22.3 Å². The van der Waals surface area contributed by atoms with Crippen LogP contribution in [0.15, 0.2) is 48.5 Å². The highest BCUT2D eigenvalue weighted by molar-refractivity contribution is 7.39. The van der Waals surface area contributed by atoms with Gasteiger partial charge in [-0.25, -0.2) is 0 Å². The summed E-state index contributed by atoms with van der Waals surface area (Å²) in [5, 5.41) is 0. The molecule has 0 saturated carbocycles. The molecule has 1 aliphatic carbocycles. The van der Waals surface area contributed by atoms with Crippen molar-refractivity contribution in [3.05, 3.63) is 59.7 Å². The van der Waals surface area contributed by atoms with E-state index in [2.05, 4.69) is 141 Å². The third-order valence-corrected chi connectivity index (χ3v) is 9.67. The summed E-state index contributed by atoms with van der Waals surface area (Å²) in [7, 11) is -1.81. The average molecular weight is 508 g/mol. The molecule has 2 aromatic carbocycles. The zero-order chi connectivity index (χ0) is 27.0. The molecule has 2 atom stereocenters. The molecular weight excluding hydrogens is 459 g/mol. The zero-order valence-corrected chi connectivity index (χ0v) is 25.6. The van der Waals surface area contributed by atoms with Gasteiger partial charge in [0.15, 0.2) is 0 Å². The number of fused-ring (bicyclic) bond motifs is 6. The minimum absolute atomic E-state index is 0.0374. The van der Waals surface area contributed by atoms with Gasteiger partial charge in [0.1, 0.15) is 12.1 Å². The fourth-order valence-corrected chi connectivity index (χ4v) is 10.9. The fourth-order valence-electron chi connectivity index (χ4n) is 7.95. The van der Waals surface area contributed by atoms with E-state index in [0.717, 1.165) is 0 Å². The largest absolute Gasteiger partial charge is 0.539 e. The van der Waals surface area contributed by atoms with Crippen molar-refractivity contribution in [1.82, 2.24) is 9.34 Å². The Kier molecular flexibility index (Phi) is 6.69. The number of benzene rings is 2. The van der Waals surface area contributed by atoms with E-state index >= 15 is 4.57 Å². The van der Waals surface area contributed by atoms with Crippen LogP contribution in [0.3, 0.4) is 0 Å². The Morgan fingerprint density at radius 2 is 0.833 bits per heavy atom. The Morgan fingerprint density at radius 3 is 1.11 bits per heavy atom. The molecule has 1 fully saturated rings. The minimum Gasteiger partial charge on any atom is -0.0653 e. The number of nitrogens with zero attached hydrogens (tertiary/aromatic N) is 2. The molecular formula is C32H48N2OP+. The maximum absolute atomic E-state index is 15.2. The molecule has 4 heteroatoms. The summed E-state index contributed by atoms with van der Waals surface area (Å²) in [4.78, 5) is 0. The standard InChI is InChI=1S/C32H48N2OP/c1-29(2,3)27(30(4,5)6)33-25-23-19-15-13-17-21(23)22-18-14-16-20-24(22)26(25)34(36(33)35)28(31(7,8)9)32(10,11)12/h13-20,25-28H,1-12H3/q+1/t25-,26-/m0/s1. The van der Waals surface area contributed by atoms with Crippen LogP contribution in [0.5, 0.6) is 0 Å². The molecule has 36 heavy (non-hydrogen) atoms. The molecule has 4 rings (SSSR count). The van der Waals surface area contributed by atoms with Gasteiger partial charge in [-0.1, -0.05) is 141 Å². The smallest absolute Gasteiger partial charge is 0.0653 e. The van der Waals surface area contributed by atoms with Crippen molar-refractivity contribution in [1.29, 1.82) is 0 Å². The quantitative estimate of drug-likeness (QED) is 0.378. The van der Waals surface area contributed by atoms with Crippen molar-refractivity contribution in [3.63, 3.8) is 0 Å². The highest BCUT2D eigenvalue weighted by atomic mass is 31.1. The van der Waals surface area contributed by atoms with E-state index in [1.54, 1.807) is 0 Å². The number of hydrogen-bond donors (Lipinski definition) is 0. The summed E-state index contributed by atoms with van der Waals surface area (Å²) in [6.07, 6.45) is 0. The fraction of sp³-hybridized carbons (Fsp3) is 0.625. The summed E-state index contributed by atoms with van der Waals surface area (Å²) in [6, 6.07) is 18.0. The summed E-state index contributed by atoms with van der Waals surface area (Å²) in [5.41, 5.74) is 5.01. The second-order valence-electron chi connectivity index (χ2n) is 15.3. The van der Waals surface area contributed by atoms with Gasteiger partial charge in [0, 0.05) is 0 Å². The van der Waals surface area contributed by atoms with Crippen molar-refractivity contribution < 1.29 is 4.57 Å². The van der Waals surface area contributed by atoms with Crippen LogP contribution in [0.25, 0.3) is 11.1 Å². The van der Waals surface area contributed by atoms with Crippen LogP contribution >= 0.6 is 8.10 Å². The van der Waals surface area contributed by atoms with E-state index in [1.807, 2.05) is 0 Å². The Hall–Kier alpha value is -1.54. The first-order valence-electron chi connectivity index (χ1n) is 13.6. The average Bonchev–Trinajstić information content (AvgIpc) is 2.97. The minimum atomic E-state index is -1.81. The molecule has 3 nitrogen and oxygen atoms in total. The normalized spacial score (nSPS) is 21.7.